The zero-order valence-electron chi connectivity index (χ0n) is 16.6. The van der Waals surface area contributed by atoms with Crippen LogP contribution in [0.15, 0.2) is 53.9 Å². The smallest absolute Gasteiger partial charge is 0.269 e. The second-order valence-corrected chi connectivity index (χ2v) is 7.76. The number of non-ortho nitro benzene ring substituents is 1. The number of thiazole rings is 1. The van der Waals surface area contributed by atoms with Crippen LogP contribution in [0.5, 0.6) is 11.5 Å². The van der Waals surface area contributed by atoms with Gasteiger partial charge in [0, 0.05) is 41.8 Å². The van der Waals surface area contributed by atoms with E-state index in [1.54, 1.807) is 17.8 Å². The molecule has 11 heteroatoms. The van der Waals surface area contributed by atoms with Crippen molar-refractivity contribution in [3.8, 4) is 33.5 Å². The number of carbonyl (C=O) groups excluding carboxylic acids is 1. The molecule has 0 saturated carbocycles. The molecule has 0 bridgehead atoms. The predicted molar refractivity (Wildman–Crippen MR) is 117 cm³/mol. The molecule has 2 aromatic heterocycles. The van der Waals surface area contributed by atoms with Gasteiger partial charge >= 0.3 is 0 Å². The molecule has 4 aromatic rings. The van der Waals surface area contributed by atoms with E-state index in [4.69, 9.17) is 9.47 Å². The number of hydrogen-bond acceptors (Lipinski definition) is 8. The maximum atomic E-state index is 12.5. The lowest BCUT2D eigenvalue weighted by Gasteiger charge is -2.04. The van der Waals surface area contributed by atoms with Gasteiger partial charge in [-0.05, 0) is 30.3 Å². The molecule has 1 N–H and O–H groups in total. The summed E-state index contributed by atoms with van der Waals surface area (Å²) in [6.07, 6.45) is 0. The van der Waals surface area contributed by atoms with Crippen LogP contribution >= 0.6 is 11.3 Å². The second-order valence-electron chi connectivity index (χ2n) is 6.90. The largest absolute Gasteiger partial charge is 0.454 e. The molecule has 5 rings (SSSR count). The number of rotatable bonds is 5. The quantitative estimate of drug-likeness (QED) is 0.360. The summed E-state index contributed by atoms with van der Waals surface area (Å²) >= 11 is 1.44. The molecular formula is C21H15N5O5S. The molecule has 0 radical (unpaired) electrons. The molecule has 0 spiro atoms. The molecule has 2 aromatic carbocycles. The van der Waals surface area contributed by atoms with E-state index in [1.165, 1.54) is 35.6 Å². The standard InChI is InChI=1S/C21H15N5O5S/c1-25-19(23-20(27)12-2-5-14(6-3-12)26(28)29)9-15(24-25)21-22-16(10-32-21)13-4-7-17-18(8-13)31-11-30-17/h2-10H,11H2,1H3,(H,23,27). The number of nitro groups is 1. The van der Waals surface area contributed by atoms with Crippen molar-refractivity contribution in [2.24, 2.45) is 7.05 Å². The topological polar surface area (TPSA) is 121 Å². The van der Waals surface area contributed by atoms with Crippen LogP contribution in [-0.4, -0.2) is 32.4 Å². The van der Waals surface area contributed by atoms with E-state index in [2.05, 4.69) is 15.4 Å². The van der Waals surface area contributed by atoms with E-state index in [1.807, 2.05) is 23.6 Å². The Balaban J connectivity index is 1.34. The van der Waals surface area contributed by atoms with Crippen molar-refractivity contribution in [3.63, 3.8) is 0 Å². The van der Waals surface area contributed by atoms with E-state index in [-0.39, 0.29) is 12.5 Å². The summed E-state index contributed by atoms with van der Waals surface area (Å²) in [6, 6.07) is 12.8. The lowest BCUT2D eigenvalue weighted by Crippen LogP contribution is -2.14. The molecule has 3 heterocycles. The molecule has 0 aliphatic carbocycles. The number of fused-ring (bicyclic) bond motifs is 1. The number of hydrogen-bond donors (Lipinski definition) is 1. The molecule has 0 atom stereocenters. The summed E-state index contributed by atoms with van der Waals surface area (Å²) in [5.41, 5.74) is 2.53. The summed E-state index contributed by atoms with van der Waals surface area (Å²) < 4.78 is 12.3. The minimum atomic E-state index is -0.513. The maximum Gasteiger partial charge on any atom is 0.269 e. The fourth-order valence-corrected chi connectivity index (χ4v) is 3.98. The van der Waals surface area contributed by atoms with Crippen LogP contribution in [0.2, 0.25) is 0 Å². The summed E-state index contributed by atoms with van der Waals surface area (Å²) in [6.45, 7) is 0.212. The first-order valence-electron chi connectivity index (χ1n) is 9.44. The van der Waals surface area contributed by atoms with Crippen molar-refractivity contribution in [2.75, 3.05) is 12.1 Å². The van der Waals surface area contributed by atoms with Crippen molar-refractivity contribution in [1.29, 1.82) is 0 Å². The third-order valence-corrected chi connectivity index (χ3v) is 5.72. The first-order chi connectivity index (χ1) is 15.5. The fourth-order valence-electron chi connectivity index (χ4n) is 3.19. The molecule has 0 saturated heterocycles. The first-order valence-corrected chi connectivity index (χ1v) is 10.3. The van der Waals surface area contributed by atoms with Crippen molar-refractivity contribution < 1.29 is 19.2 Å². The van der Waals surface area contributed by atoms with Crippen molar-refractivity contribution >= 4 is 28.7 Å². The van der Waals surface area contributed by atoms with E-state index < -0.39 is 10.8 Å². The van der Waals surface area contributed by atoms with E-state index in [0.29, 0.717) is 33.6 Å². The van der Waals surface area contributed by atoms with Gasteiger partial charge in [0.25, 0.3) is 11.6 Å². The molecule has 0 unspecified atom stereocenters. The molecule has 160 valence electrons. The first kappa shape index (κ1) is 19.7. The van der Waals surface area contributed by atoms with Gasteiger partial charge in [0.15, 0.2) is 11.5 Å². The highest BCUT2D eigenvalue weighted by Crippen LogP contribution is 2.37. The lowest BCUT2D eigenvalue weighted by molar-refractivity contribution is -0.384. The second kappa shape index (κ2) is 7.78. The Bertz CT molecular complexity index is 1350. The minimum Gasteiger partial charge on any atom is -0.454 e. The van der Waals surface area contributed by atoms with Gasteiger partial charge in [-0.15, -0.1) is 11.3 Å². The van der Waals surface area contributed by atoms with Crippen LogP contribution in [0.25, 0.3) is 22.0 Å². The van der Waals surface area contributed by atoms with Crippen LogP contribution in [0.1, 0.15) is 10.4 Å². The molecule has 1 aliphatic heterocycles. The van der Waals surface area contributed by atoms with Crippen molar-refractivity contribution in [2.45, 2.75) is 0 Å². The van der Waals surface area contributed by atoms with Gasteiger partial charge in [-0.2, -0.15) is 5.10 Å². The molecule has 0 fully saturated rings. The molecular weight excluding hydrogens is 434 g/mol. The number of aromatic nitrogens is 3. The predicted octanol–water partition coefficient (Wildman–Crippen LogP) is 4.10. The number of anilines is 1. The Kier molecular flexibility index (Phi) is 4.79. The Morgan fingerprint density at radius 1 is 1.12 bits per heavy atom. The fraction of sp³-hybridized carbons (Fsp3) is 0.0952. The number of nitrogens with one attached hydrogen (secondary N) is 1. The lowest BCUT2D eigenvalue weighted by atomic mass is 10.1. The van der Waals surface area contributed by atoms with E-state index in [0.717, 1.165) is 11.3 Å². The van der Waals surface area contributed by atoms with E-state index in [9.17, 15) is 14.9 Å². The molecule has 10 nitrogen and oxygen atoms in total. The van der Waals surface area contributed by atoms with Gasteiger partial charge < -0.3 is 14.8 Å². The number of ether oxygens (including phenoxy) is 2. The normalized spacial score (nSPS) is 12.0. The van der Waals surface area contributed by atoms with Crippen LogP contribution in [0.4, 0.5) is 11.5 Å². The third kappa shape index (κ3) is 3.65. The van der Waals surface area contributed by atoms with Crippen LogP contribution in [-0.2, 0) is 7.05 Å². The van der Waals surface area contributed by atoms with Gasteiger partial charge in [-0.1, -0.05) is 0 Å². The maximum absolute atomic E-state index is 12.5. The minimum absolute atomic E-state index is 0.0774. The SMILES string of the molecule is Cn1nc(-c2nc(-c3ccc4c(c3)OCO4)cs2)cc1NC(=O)c1ccc([N+](=O)[O-])cc1. The van der Waals surface area contributed by atoms with Crippen molar-refractivity contribution in [3.05, 3.63) is 69.6 Å². The van der Waals surface area contributed by atoms with Gasteiger partial charge in [0.05, 0.1) is 10.6 Å². The summed E-state index contributed by atoms with van der Waals surface area (Å²) in [5.74, 6) is 1.48. The van der Waals surface area contributed by atoms with Crippen molar-refractivity contribution in [1.82, 2.24) is 14.8 Å². The summed E-state index contributed by atoms with van der Waals surface area (Å²) in [4.78, 5) is 27.4. The summed E-state index contributed by atoms with van der Waals surface area (Å²) in [5, 5.41) is 20.6. The zero-order valence-corrected chi connectivity index (χ0v) is 17.5. The number of nitro benzene ring substituents is 1. The van der Waals surface area contributed by atoms with Gasteiger partial charge in [-0.3, -0.25) is 19.6 Å². The Morgan fingerprint density at radius 3 is 2.69 bits per heavy atom. The number of aryl methyl sites for hydroxylation is 1. The average molecular weight is 449 g/mol. The third-order valence-electron chi connectivity index (χ3n) is 4.85. The number of nitrogens with zero attached hydrogens (tertiary/aromatic N) is 4. The number of amides is 1. The van der Waals surface area contributed by atoms with Gasteiger partial charge in [0.1, 0.15) is 16.5 Å². The highest BCUT2D eigenvalue weighted by atomic mass is 32.1. The van der Waals surface area contributed by atoms with Gasteiger partial charge in [0.2, 0.25) is 6.79 Å². The Labute approximate surface area is 185 Å². The van der Waals surface area contributed by atoms with Crippen LogP contribution in [0.3, 0.4) is 0 Å². The monoisotopic (exact) mass is 449 g/mol. The summed E-state index contributed by atoms with van der Waals surface area (Å²) in [7, 11) is 1.71. The number of benzene rings is 2. The molecule has 32 heavy (non-hydrogen) atoms. The van der Waals surface area contributed by atoms with Crippen LogP contribution < -0.4 is 14.8 Å². The Morgan fingerprint density at radius 2 is 1.91 bits per heavy atom. The van der Waals surface area contributed by atoms with Gasteiger partial charge in [-0.25, -0.2) is 4.98 Å². The van der Waals surface area contributed by atoms with Crippen LogP contribution in [0, 0.1) is 10.1 Å². The molecule has 1 aliphatic rings. The Hall–Kier alpha value is -4.25. The highest BCUT2D eigenvalue weighted by molar-refractivity contribution is 7.13. The average Bonchev–Trinajstić information content (AvgIpc) is 3.53. The van der Waals surface area contributed by atoms with E-state index >= 15 is 0 Å². The number of carbonyl (C=O) groups is 1. The highest BCUT2D eigenvalue weighted by Gasteiger charge is 2.18. The molecule has 1 amide bonds. The zero-order chi connectivity index (χ0) is 22.2.